The molecule has 0 N–H and O–H groups in total. The van der Waals surface area contributed by atoms with Crippen LogP contribution in [0.1, 0.15) is 6.42 Å². The molecule has 239 valence electrons. The summed E-state index contributed by atoms with van der Waals surface area (Å²) >= 11 is 0. The van der Waals surface area contributed by atoms with E-state index in [0.29, 0.717) is 0 Å². The van der Waals surface area contributed by atoms with E-state index in [9.17, 15) is 0 Å². The Bertz CT molecular complexity index is 1720. The van der Waals surface area contributed by atoms with E-state index in [1.165, 1.54) is 0 Å². The molecule has 0 aliphatic carbocycles. The fourth-order valence-electron chi connectivity index (χ4n) is 5.43. The Morgan fingerprint density at radius 3 is 1.89 bits per heavy atom. The first kappa shape index (κ1) is 32.7. The molecule has 8 heteroatoms. The van der Waals surface area contributed by atoms with E-state index in [4.69, 9.17) is 4.42 Å². The average molecular weight is 785 g/mol. The van der Waals surface area contributed by atoms with Crippen molar-refractivity contribution in [2.45, 2.75) is 6.42 Å². The zero-order valence-corrected chi connectivity index (χ0v) is 28.4. The Morgan fingerprint density at radius 1 is 0.674 bits per heavy atom. The molecule has 0 amide bonds. The van der Waals surface area contributed by atoms with Gasteiger partial charge in [-0.25, -0.2) is 0 Å². The summed E-state index contributed by atoms with van der Waals surface area (Å²) < 4.78 is 6.01. The van der Waals surface area contributed by atoms with Gasteiger partial charge in [-0.2, -0.15) is 92.2 Å². The Hall–Kier alpha value is -4.65. The predicted molar refractivity (Wildman–Crippen MR) is 184 cm³/mol. The second kappa shape index (κ2) is 15.1. The number of para-hydroxylation sites is 3. The standard InChI is InChI=1S/C21H20N4.C16H13N2O.CH3.Ir/c1-3-8-20(9-4-1)24-16-14-22(18-24)12-7-13-23-15-17-25(19-23)21-10-5-2-6-11-21;1-17-9-10-18(11-17)14-7-4-6-13-12-5-2-3-8-15(12)19-16(13)14;;/h1-6,8,10,14-19H,7,12-13H2;2-6,8-10H,11H2,1H3;1H3;/q-4;2*-1;. The molecule has 4 aromatic carbocycles. The fraction of sp³-hybridized carbons (Fsp3) is 0.132. The van der Waals surface area contributed by atoms with Gasteiger partial charge < -0.3 is 41.2 Å². The van der Waals surface area contributed by atoms with E-state index in [1.54, 1.807) is 0 Å². The molecule has 7 nitrogen and oxygen atoms in total. The summed E-state index contributed by atoms with van der Waals surface area (Å²) in [5.41, 5.74) is 4.95. The molecule has 0 fully saturated rings. The van der Waals surface area contributed by atoms with Crippen molar-refractivity contribution in [2.24, 2.45) is 0 Å². The van der Waals surface area contributed by atoms with Gasteiger partial charge in [0.15, 0.2) is 0 Å². The topological polar surface area (TPSA) is 32.6 Å². The molecule has 0 saturated heterocycles. The van der Waals surface area contributed by atoms with Crippen molar-refractivity contribution in [3.63, 3.8) is 0 Å². The number of anilines is 3. The van der Waals surface area contributed by atoms with Crippen molar-refractivity contribution in [3.8, 4) is 0 Å². The van der Waals surface area contributed by atoms with Gasteiger partial charge in [-0.1, -0.05) is 23.6 Å². The summed E-state index contributed by atoms with van der Waals surface area (Å²) in [6.45, 7) is 7.01. The molecular formula is C38H36IrN6O-6. The van der Waals surface area contributed by atoms with Crippen LogP contribution in [0.15, 0.2) is 127 Å². The van der Waals surface area contributed by atoms with Crippen LogP contribution in [0.25, 0.3) is 21.9 Å². The van der Waals surface area contributed by atoms with Gasteiger partial charge in [-0.3, -0.25) is 0 Å². The number of hydrogen-bond acceptors (Lipinski definition) is 7. The smallest absolute Gasteiger partial charge is 0.116 e. The molecule has 0 unspecified atom stereocenters. The molecule has 1 aromatic heterocycles. The molecule has 0 atom stereocenters. The predicted octanol–water partition coefficient (Wildman–Crippen LogP) is 7.82. The van der Waals surface area contributed by atoms with Crippen molar-refractivity contribution in [3.05, 3.63) is 161 Å². The average Bonchev–Trinajstić information content (AvgIpc) is 3.89. The zero-order chi connectivity index (χ0) is 29.7. The van der Waals surface area contributed by atoms with Gasteiger partial charge in [-0.05, 0) is 56.1 Å². The number of rotatable bonds is 7. The van der Waals surface area contributed by atoms with Crippen LogP contribution < -0.4 is 14.7 Å². The van der Waals surface area contributed by atoms with Crippen LogP contribution in [-0.2, 0) is 20.1 Å². The maximum atomic E-state index is 6.01. The third kappa shape index (κ3) is 7.25. The quantitative estimate of drug-likeness (QED) is 0.156. The maximum Gasteiger partial charge on any atom is 0.116 e. The fourth-order valence-corrected chi connectivity index (χ4v) is 5.43. The minimum Gasteiger partial charge on any atom is -0.513 e. The molecule has 3 aliphatic heterocycles. The van der Waals surface area contributed by atoms with Crippen LogP contribution in [-0.4, -0.2) is 41.5 Å². The van der Waals surface area contributed by atoms with Crippen molar-refractivity contribution >= 4 is 39.0 Å². The molecule has 4 heterocycles. The normalized spacial score (nSPS) is 15.1. The van der Waals surface area contributed by atoms with Gasteiger partial charge in [0.2, 0.25) is 0 Å². The first-order valence-electron chi connectivity index (χ1n) is 14.8. The zero-order valence-electron chi connectivity index (χ0n) is 26.0. The molecule has 1 radical (unpaired) electrons. The minimum atomic E-state index is 0. The third-order valence-electron chi connectivity index (χ3n) is 7.64. The van der Waals surface area contributed by atoms with Gasteiger partial charge in [0.1, 0.15) is 5.58 Å². The van der Waals surface area contributed by atoms with Gasteiger partial charge >= 0.3 is 0 Å². The minimum absolute atomic E-state index is 0. The van der Waals surface area contributed by atoms with Crippen molar-refractivity contribution < 1.29 is 24.5 Å². The van der Waals surface area contributed by atoms with E-state index in [0.717, 1.165) is 65.2 Å². The van der Waals surface area contributed by atoms with Crippen LogP contribution in [0, 0.1) is 39.0 Å². The van der Waals surface area contributed by atoms with Crippen LogP contribution in [0.2, 0.25) is 0 Å². The molecule has 46 heavy (non-hydrogen) atoms. The largest absolute Gasteiger partial charge is 0.513 e. The molecule has 5 aromatic rings. The second-order valence-electron chi connectivity index (χ2n) is 10.8. The Kier molecular flexibility index (Phi) is 10.7. The molecule has 0 bridgehead atoms. The molecular weight excluding hydrogens is 749 g/mol. The van der Waals surface area contributed by atoms with Gasteiger partial charge in [-0.15, -0.1) is 11.4 Å². The Labute approximate surface area is 286 Å². The van der Waals surface area contributed by atoms with E-state index in [1.807, 2.05) is 60.7 Å². The van der Waals surface area contributed by atoms with Crippen LogP contribution >= 0.6 is 0 Å². The summed E-state index contributed by atoms with van der Waals surface area (Å²) in [5, 5.41) is 2.30. The van der Waals surface area contributed by atoms with E-state index >= 15 is 0 Å². The molecule has 0 spiro atoms. The first-order valence-corrected chi connectivity index (χ1v) is 14.8. The van der Waals surface area contributed by atoms with Crippen LogP contribution in [0.4, 0.5) is 17.1 Å². The Morgan fingerprint density at radius 2 is 1.30 bits per heavy atom. The monoisotopic (exact) mass is 785 g/mol. The Balaban J connectivity index is 0.000000179. The van der Waals surface area contributed by atoms with Crippen molar-refractivity contribution in [1.82, 2.24) is 14.7 Å². The number of benzene rings is 4. The first-order chi connectivity index (χ1) is 21.7. The molecule has 8 rings (SSSR count). The van der Waals surface area contributed by atoms with E-state index in [2.05, 4.69) is 129 Å². The van der Waals surface area contributed by atoms with Gasteiger partial charge in [0, 0.05) is 50.5 Å². The van der Waals surface area contributed by atoms with Gasteiger partial charge in [0.05, 0.1) is 6.67 Å². The van der Waals surface area contributed by atoms with Crippen molar-refractivity contribution in [1.29, 1.82) is 0 Å². The third-order valence-corrected chi connectivity index (χ3v) is 7.64. The summed E-state index contributed by atoms with van der Waals surface area (Å²) in [4.78, 5) is 12.9. The number of fused-ring (bicyclic) bond motifs is 3. The number of nitrogens with zero attached hydrogens (tertiary/aromatic N) is 6. The summed E-state index contributed by atoms with van der Waals surface area (Å²) in [5.74, 6) is 0. The maximum absolute atomic E-state index is 6.01. The van der Waals surface area contributed by atoms with Crippen molar-refractivity contribution in [2.75, 3.05) is 41.5 Å². The summed E-state index contributed by atoms with van der Waals surface area (Å²) in [6.07, 6.45) is 13.5. The number of hydrogen-bond donors (Lipinski definition) is 0. The van der Waals surface area contributed by atoms with E-state index < -0.39 is 0 Å². The summed E-state index contributed by atoms with van der Waals surface area (Å²) in [7, 11) is 2.05. The van der Waals surface area contributed by atoms with E-state index in [-0.39, 0.29) is 27.5 Å². The molecule has 3 aliphatic rings. The second-order valence-corrected chi connectivity index (χ2v) is 10.8. The number of furan rings is 1. The molecule has 0 saturated carbocycles. The summed E-state index contributed by atoms with van der Waals surface area (Å²) in [6, 6.07) is 37.9. The van der Waals surface area contributed by atoms with Crippen LogP contribution in [0.3, 0.4) is 0 Å². The van der Waals surface area contributed by atoms with Crippen LogP contribution in [0.5, 0.6) is 0 Å². The van der Waals surface area contributed by atoms with Gasteiger partial charge in [0.25, 0.3) is 0 Å². The SMILES string of the molecule is CN1C=CN(c2[c-]ccc3c2oc2ccccc23)C1.[CH3-].[Ir].[c-]1ccccc1N1C=CN(CCCN2C=CN(c3[c-]cccc3)[CH-]2)[CH-]1.